The second kappa shape index (κ2) is 5.54. The van der Waals surface area contributed by atoms with Crippen LogP contribution in [-0.4, -0.2) is 33.7 Å². The Kier molecular flexibility index (Phi) is 3.60. The molecule has 1 unspecified atom stereocenters. The lowest BCUT2D eigenvalue weighted by Crippen LogP contribution is -2.36. The van der Waals surface area contributed by atoms with Gasteiger partial charge in [0.2, 0.25) is 0 Å². The van der Waals surface area contributed by atoms with Crippen molar-refractivity contribution in [1.29, 1.82) is 0 Å². The summed E-state index contributed by atoms with van der Waals surface area (Å²) in [5.41, 5.74) is 1.38. The van der Waals surface area contributed by atoms with E-state index in [0.717, 1.165) is 37.9 Å². The SMILES string of the molecule is O=CC1CCCN(Cc2cc(=O)n3ccccc3n2)C1. The molecule has 0 amide bonds. The Labute approximate surface area is 116 Å². The molecule has 0 aliphatic carbocycles. The summed E-state index contributed by atoms with van der Waals surface area (Å²) in [6, 6.07) is 7.09. The predicted octanol–water partition coefficient (Wildman–Crippen LogP) is 1.11. The first-order valence-corrected chi connectivity index (χ1v) is 6.91. The minimum atomic E-state index is -0.0606. The molecule has 0 saturated carbocycles. The molecule has 2 aromatic heterocycles. The first-order valence-electron chi connectivity index (χ1n) is 6.91. The molecule has 104 valence electrons. The third-order valence-electron chi connectivity index (χ3n) is 3.74. The number of nitrogens with zero attached hydrogens (tertiary/aromatic N) is 3. The summed E-state index contributed by atoms with van der Waals surface area (Å²) in [5.74, 6) is 0.116. The van der Waals surface area contributed by atoms with Crippen molar-refractivity contribution in [2.24, 2.45) is 5.92 Å². The molecule has 20 heavy (non-hydrogen) atoms. The number of pyridine rings is 1. The van der Waals surface area contributed by atoms with Crippen LogP contribution >= 0.6 is 0 Å². The number of aromatic nitrogens is 2. The quantitative estimate of drug-likeness (QED) is 0.785. The molecule has 0 radical (unpaired) electrons. The second-order valence-corrected chi connectivity index (χ2v) is 5.29. The zero-order chi connectivity index (χ0) is 13.9. The lowest BCUT2D eigenvalue weighted by molar-refractivity contribution is -0.112. The van der Waals surface area contributed by atoms with Gasteiger partial charge in [-0.3, -0.25) is 14.1 Å². The molecule has 5 heteroatoms. The third kappa shape index (κ3) is 2.63. The first kappa shape index (κ1) is 13.0. The summed E-state index contributed by atoms with van der Waals surface area (Å²) < 4.78 is 1.54. The van der Waals surface area contributed by atoms with E-state index >= 15 is 0 Å². The summed E-state index contributed by atoms with van der Waals surface area (Å²) in [4.78, 5) is 29.6. The molecule has 3 rings (SSSR count). The molecule has 0 aromatic carbocycles. The fourth-order valence-electron chi connectivity index (χ4n) is 2.76. The molecule has 2 aromatic rings. The number of piperidine rings is 1. The van der Waals surface area contributed by atoms with Crippen molar-refractivity contribution in [3.05, 3.63) is 46.5 Å². The second-order valence-electron chi connectivity index (χ2n) is 5.29. The lowest BCUT2D eigenvalue weighted by atomic mass is 10.00. The molecule has 1 fully saturated rings. The van der Waals surface area contributed by atoms with Crippen molar-refractivity contribution in [1.82, 2.24) is 14.3 Å². The Morgan fingerprint density at radius 2 is 2.30 bits per heavy atom. The van der Waals surface area contributed by atoms with E-state index in [1.165, 1.54) is 4.40 Å². The van der Waals surface area contributed by atoms with Crippen LogP contribution in [-0.2, 0) is 11.3 Å². The number of carbonyl (C=O) groups excluding carboxylic acids is 1. The van der Waals surface area contributed by atoms with E-state index in [1.807, 2.05) is 18.2 Å². The molecular weight excluding hydrogens is 254 g/mol. The van der Waals surface area contributed by atoms with Crippen molar-refractivity contribution in [3.63, 3.8) is 0 Å². The van der Waals surface area contributed by atoms with Gasteiger partial charge in [0.15, 0.2) is 0 Å². The van der Waals surface area contributed by atoms with Gasteiger partial charge in [0.05, 0.1) is 5.69 Å². The Bertz CT molecular complexity index is 680. The Morgan fingerprint density at radius 3 is 3.15 bits per heavy atom. The number of fused-ring (bicyclic) bond motifs is 1. The highest BCUT2D eigenvalue weighted by Crippen LogP contribution is 2.16. The van der Waals surface area contributed by atoms with Gasteiger partial charge in [0.25, 0.3) is 5.56 Å². The van der Waals surface area contributed by atoms with E-state index in [1.54, 1.807) is 12.3 Å². The molecule has 1 aliphatic rings. The fourth-order valence-corrected chi connectivity index (χ4v) is 2.76. The van der Waals surface area contributed by atoms with Gasteiger partial charge >= 0.3 is 0 Å². The van der Waals surface area contributed by atoms with Crippen molar-refractivity contribution in [3.8, 4) is 0 Å². The van der Waals surface area contributed by atoms with Gasteiger partial charge in [-0.1, -0.05) is 6.07 Å². The minimum Gasteiger partial charge on any atom is -0.303 e. The van der Waals surface area contributed by atoms with Crippen LogP contribution in [0, 0.1) is 5.92 Å². The molecule has 1 atom stereocenters. The highest BCUT2D eigenvalue weighted by Gasteiger charge is 2.19. The maximum absolute atomic E-state index is 12.0. The third-order valence-corrected chi connectivity index (χ3v) is 3.74. The van der Waals surface area contributed by atoms with Crippen molar-refractivity contribution >= 4 is 11.9 Å². The molecule has 3 heterocycles. The van der Waals surface area contributed by atoms with E-state index < -0.39 is 0 Å². The molecule has 1 saturated heterocycles. The zero-order valence-electron chi connectivity index (χ0n) is 11.2. The Balaban J connectivity index is 1.84. The van der Waals surface area contributed by atoms with Gasteiger partial charge in [0.1, 0.15) is 11.9 Å². The van der Waals surface area contributed by atoms with Gasteiger partial charge in [-0.05, 0) is 31.5 Å². The molecule has 5 nitrogen and oxygen atoms in total. The van der Waals surface area contributed by atoms with Crippen LogP contribution in [0.25, 0.3) is 5.65 Å². The van der Waals surface area contributed by atoms with E-state index in [4.69, 9.17) is 0 Å². The van der Waals surface area contributed by atoms with Gasteiger partial charge in [0, 0.05) is 31.3 Å². The molecule has 0 N–H and O–H groups in total. The summed E-state index contributed by atoms with van der Waals surface area (Å²) in [5, 5.41) is 0. The van der Waals surface area contributed by atoms with Crippen molar-refractivity contribution in [2.45, 2.75) is 19.4 Å². The molecule has 0 spiro atoms. The lowest BCUT2D eigenvalue weighted by Gasteiger charge is -2.29. The number of hydrogen-bond donors (Lipinski definition) is 0. The van der Waals surface area contributed by atoms with Gasteiger partial charge in [-0.15, -0.1) is 0 Å². The van der Waals surface area contributed by atoms with Gasteiger partial charge in [-0.25, -0.2) is 4.98 Å². The Hall–Kier alpha value is -2.01. The number of likely N-dealkylation sites (tertiary alicyclic amines) is 1. The summed E-state index contributed by atoms with van der Waals surface area (Å²) >= 11 is 0. The highest BCUT2D eigenvalue weighted by molar-refractivity contribution is 5.53. The van der Waals surface area contributed by atoms with Crippen LogP contribution in [0.4, 0.5) is 0 Å². The average Bonchev–Trinajstić information content (AvgIpc) is 2.47. The van der Waals surface area contributed by atoms with E-state index in [2.05, 4.69) is 9.88 Å². The highest BCUT2D eigenvalue weighted by atomic mass is 16.1. The van der Waals surface area contributed by atoms with Gasteiger partial charge in [-0.2, -0.15) is 0 Å². The average molecular weight is 271 g/mol. The molecule has 1 aliphatic heterocycles. The van der Waals surface area contributed by atoms with Crippen LogP contribution in [0.1, 0.15) is 18.5 Å². The van der Waals surface area contributed by atoms with Crippen LogP contribution in [0.2, 0.25) is 0 Å². The Morgan fingerprint density at radius 1 is 1.40 bits per heavy atom. The summed E-state index contributed by atoms with van der Waals surface area (Å²) in [7, 11) is 0. The standard InChI is InChI=1S/C15H17N3O2/c19-11-12-4-3-6-17(9-12)10-13-8-15(20)18-7-2-1-5-14(18)16-13/h1-2,5,7-8,11-12H,3-4,6,9-10H2. The number of rotatable bonds is 3. The fraction of sp³-hybridized carbons (Fsp3) is 0.400. The number of aldehydes is 1. The van der Waals surface area contributed by atoms with Crippen molar-refractivity contribution < 1.29 is 4.79 Å². The monoisotopic (exact) mass is 271 g/mol. The smallest absolute Gasteiger partial charge is 0.258 e. The molecule has 0 bridgehead atoms. The van der Waals surface area contributed by atoms with E-state index in [9.17, 15) is 9.59 Å². The summed E-state index contributed by atoms with van der Waals surface area (Å²) in [6.07, 6.45) is 4.75. The van der Waals surface area contributed by atoms with Crippen LogP contribution in [0.3, 0.4) is 0 Å². The number of carbonyl (C=O) groups is 1. The predicted molar refractivity (Wildman–Crippen MR) is 75.5 cm³/mol. The maximum Gasteiger partial charge on any atom is 0.258 e. The topological polar surface area (TPSA) is 54.7 Å². The zero-order valence-corrected chi connectivity index (χ0v) is 11.2. The minimum absolute atomic E-state index is 0.0606. The van der Waals surface area contributed by atoms with Crippen LogP contribution in [0.5, 0.6) is 0 Å². The number of hydrogen-bond acceptors (Lipinski definition) is 4. The largest absolute Gasteiger partial charge is 0.303 e. The van der Waals surface area contributed by atoms with Crippen LogP contribution < -0.4 is 5.56 Å². The van der Waals surface area contributed by atoms with Gasteiger partial charge < -0.3 is 4.79 Å². The maximum atomic E-state index is 12.0. The van der Waals surface area contributed by atoms with Crippen molar-refractivity contribution in [2.75, 3.05) is 13.1 Å². The van der Waals surface area contributed by atoms with E-state index in [0.29, 0.717) is 12.2 Å². The first-order chi connectivity index (χ1) is 9.76. The summed E-state index contributed by atoms with van der Waals surface area (Å²) in [6.45, 7) is 2.35. The van der Waals surface area contributed by atoms with E-state index in [-0.39, 0.29) is 11.5 Å². The normalized spacial score (nSPS) is 20.1. The van der Waals surface area contributed by atoms with Crippen LogP contribution in [0.15, 0.2) is 35.3 Å². The molecular formula is C15H17N3O2.